The molecule has 3 fully saturated rings. The number of benzene rings is 1. The van der Waals surface area contributed by atoms with Crippen LogP contribution in [-0.2, 0) is 19.1 Å². The van der Waals surface area contributed by atoms with E-state index in [2.05, 4.69) is 32.0 Å². The van der Waals surface area contributed by atoms with Crippen LogP contribution in [0.4, 0.5) is 0 Å². The Kier molecular flexibility index (Phi) is 11.9. The van der Waals surface area contributed by atoms with Crippen molar-refractivity contribution in [3.8, 4) is 5.75 Å². The molecule has 16 nitrogen and oxygen atoms in total. The molecule has 6 heterocycles. The first-order valence-corrected chi connectivity index (χ1v) is 15.1. The number of hydrogen-bond donors (Lipinski definition) is 9. The first-order valence-electron chi connectivity index (χ1n) is 15.1. The van der Waals surface area contributed by atoms with Crippen molar-refractivity contribution in [1.29, 1.82) is 0 Å². The fourth-order valence-corrected chi connectivity index (χ4v) is 6.09. The van der Waals surface area contributed by atoms with E-state index in [9.17, 15) is 14.7 Å². The molecule has 16 heteroatoms. The first-order chi connectivity index (χ1) is 22.9. The Labute approximate surface area is 274 Å². The van der Waals surface area contributed by atoms with Crippen molar-refractivity contribution in [2.45, 2.75) is 49.4 Å². The van der Waals surface area contributed by atoms with Crippen molar-refractivity contribution in [3.63, 3.8) is 0 Å². The Bertz CT molecular complexity index is 1510. The van der Waals surface area contributed by atoms with E-state index in [-0.39, 0.29) is 6.04 Å². The maximum Gasteiger partial charge on any atom is 0.377 e. The van der Waals surface area contributed by atoms with Crippen LogP contribution >= 0.6 is 0 Å². The van der Waals surface area contributed by atoms with Crippen LogP contribution in [0.3, 0.4) is 0 Å². The van der Waals surface area contributed by atoms with Crippen LogP contribution in [0.15, 0.2) is 66.2 Å². The highest BCUT2D eigenvalue weighted by molar-refractivity contribution is 5.89. The topological polar surface area (TPSA) is 260 Å². The van der Waals surface area contributed by atoms with E-state index in [1.807, 2.05) is 24.3 Å². The predicted octanol–water partition coefficient (Wildman–Crippen LogP) is 0.358. The number of cyclic esters (lactones) is 2. The number of methoxy groups -OCH3 is 1. The number of hydrogen-bond acceptors (Lipinski definition) is 16. The van der Waals surface area contributed by atoms with Gasteiger partial charge in [-0.05, 0) is 61.1 Å². The van der Waals surface area contributed by atoms with E-state index in [1.54, 1.807) is 13.3 Å². The molecule has 1 aromatic carbocycles. The number of rotatable bonds is 8. The number of aliphatic hydroxyl groups is 9. The Balaban J connectivity index is 0.000000183. The Morgan fingerprint density at radius 1 is 0.979 bits per heavy atom. The SMILES string of the molecule is C=C[C@H]1CN2CC[C@@H]1C[C@H]2[C@H](O)c1ccnc2ccc(OC)cc12.O=C1O[C@H](C(O)CO)C(O)=C1O.O=C1O[C@H](C(O)CO)C(O)=C1O. The summed E-state index contributed by atoms with van der Waals surface area (Å²) >= 11 is 0. The van der Waals surface area contributed by atoms with Crippen LogP contribution in [0, 0.1) is 11.8 Å². The molecular formula is C32H40N2O14. The zero-order chi connectivity index (χ0) is 35.3. The summed E-state index contributed by atoms with van der Waals surface area (Å²) in [7, 11) is 1.66. The van der Waals surface area contributed by atoms with E-state index in [1.165, 1.54) is 6.42 Å². The number of carbonyl (C=O) groups excluding carboxylic acids is 2. The molecule has 262 valence electrons. The van der Waals surface area contributed by atoms with E-state index in [0.717, 1.165) is 41.7 Å². The second-order valence-corrected chi connectivity index (χ2v) is 11.6. The summed E-state index contributed by atoms with van der Waals surface area (Å²) in [6.45, 7) is 4.73. The number of fused-ring (bicyclic) bond motifs is 4. The summed E-state index contributed by atoms with van der Waals surface area (Å²) in [4.78, 5) is 27.9. The molecule has 9 N–H and O–H groups in total. The summed E-state index contributed by atoms with van der Waals surface area (Å²) in [5, 5.41) is 82.2. The standard InChI is InChI=1S/C20H24N2O2.2C6H8O6/c1-3-13-12-22-9-7-14(13)10-19(22)20(23)16-6-8-21-18-5-4-15(24-2)11-17(16)18;2*7-1-2(8)5-3(9)4(10)6(11)12-5/h3-6,8,11,13-14,19-20,23H,1,7,9-10,12H2,2H3;2*2,5,7-10H,1H2/t13-,14+,19-,20+;2*2?,5-/m011/s1. The van der Waals surface area contributed by atoms with Crippen molar-refractivity contribution in [2.24, 2.45) is 11.8 Å². The van der Waals surface area contributed by atoms with Gasteiger partial charge >= 0.3 is 11.9 Å². The quantitative estimate of drug-likeness (QED) is 0.135. The maximum absolute atomic E-state index is 11.2. The minimum Gasteiger partial charge on any atom is -0.505 e. The highest BCUT2D eigenvalue weighted by Crippen LogP contribution is 2.42. The molecule has 0 radical (unpaired) electrons. The number of carbonyl (C=O) groups is 2. The third-order valence-electron chi connectivity index (χ3n) is 8.77. The number of pyridine rings is 1. The van der Waals surface area contributed by atoms with Gasteiger partial charge in [-0.2, -0.15) is 0 Å². The predicted molar refractivity (Wildman–Crippen MR) is 166 cm³/mol. The van der Waals surface area contributed by atoms with Crippen molar-refractivity contribution < 1.29 is 69.8 Å². The summed E-state index contributed by atoms with van der Waals surface area (Å²) in [5.41, 5.74) is 1.85. The van der Waals surface area contributed by atoms with Crippen molar-refractivity contribution in [1.82, 2.24) is 9.88 Å². The molecule has 3 saturated heterocycles. The molecule has 5 aliphatic rings. The van der Waals surface area contributed by atoms with Crippen molar-refractivity contribution in [3.05, 3.63) is 71.7 Å². The van der Waals surface area contributed by atoms with Gasteiger partial charge < -0.3 is 60.2 Å². The Hall–Kier alpha value is -4.45. The molecule has 0 saturated carbocycles. The van der Waals surface area contributed by atoms with Gasteiger partial charge in [-0.15, -0.1) is 6.58 Å². The molecule has 2 aromatic rings. The van der Waals surface area contributed by atoms with Crippen LogP contribution < -0.4 is 4.74 Å². The zero-order valence-corrected chi connectivity index (χ0v) is 26.0. The number of aliphatic hydroxyl groups excluding tert-OH is 9. The molecular weight excluding hydrogens is 636 g/mol. The van der Waals surface area contributed by atoms with Crippen LogP contribution in [-0.4, -0.2) is 132 Å². The molecule has 0 amide bonds. The van der Waals surface area contributed by atoms with Gasteiger partial charge in [0.1, 0.15) is 18.0 Å². The molecule has 3 unspecified atom stereocenters. The third-order valence-corrected chi connectivity index (χ3v) is 8.77. The lowest BCUT2D eigenvalue weighted by atomic mass is 9.73. The number of piperidine rings is 3. The molecule has 0 spiro atoms. The van der Waals surface area contributed by atoms with Crippen LogP contribution in [0.1, 0.15) is 24.5 Å². The van der Waals surface area contributed by atoms with Gasteiger partial charge in [0.05, 0.1) is 31.9 Å². The first kappa shape index (κ1) is 36.4. The van der Waals surface area contributed by atoms with Gasteiger partial charge in [0.2, 0.25) is 11.5 Å². The lowest BCUT2D eigenvalue weighted by Gasteiger charge is -2.50. The highest BCUT2D eigenvalue weighted by Gasteiger charge is 2.43. The third kappa shape index (κ3) is 7.48. The van der Waals surface area contributed by atoms with Crippen molar-refractivity contribution >= 4 is 22.8 Å². The average molecular weight is 677 g/mol. The minimum absolute atomic E-state index is 0.178. The fourth-order valence-electron chi connectivity index (χ4n) is 6.09. The Morgan fingerprint density at radius 2 is 1.56 bits per heavy atom. The molecule has 9 atom stereocenters. The largest absolute Gasteiger partial charge is 0.505 e. The van der Waals surface area contributed by atoms with Gasteiger partial charge in [-0.25, -0.2) is 9.59 Å². The summed E-state index contributed by atoms with van der Waals surface area (Å²) in [5.74, 6) is -3.55. The number of esters is 2. The van der Waals surface area contributed by atoms with Crippen LogP contribution in [0.2, 0.25) is 0 Å². The second kappa shape index (κ2) is 15.6. The van der Waals surface area contributed by atoms with Crippen LogP contribution in [0.25, 0.3) is 10.9 Å². The summed E-state index contributed by atoms with van der Waals surface area (Å²) in [6, 6.07) is 7.96. The van der Waals surface area contributed by atoms with Gasteiger partial charge in [-0.3, -0.25) is 9.88 Å². The van der Waals surface area contributed by atoms with Gasteiger partial charge in [0, 0.05) is 24.2 Å². The van der Waals surface area contributed by atoms with Gasteiger partial charge in [-0.1, -0.05) is 6.08 Å². The van der Waals surface area contributed by atoms with E-state index >= 15 is 0 Å². The Morgan fingerprint density at radius 3 is 2.00 bits per heavy atom. The molecule has 2 bridgehead atoms. The smallest absolute Gasteiger partial charge is 0.377 e. The number of nitrogens with zero attached hydrogens (tertiary/aromatic N) is 2. The highest BCUT2D eigenvalue weighted by atomic mass is 16.6. The monoisotopic (exact) mass is 676 g/mol. The lowest BCUT2D eigenvalue weighted by molar-refractivity contribution is -0.148. The average Bonchev–Trinajstić information content (AvgIpc) is 3.54. The molecule has 0 aliphatic carbocycles. The second-order valence-electron chi connectivity index (χ2n) is 11.6. The van der Waals surface area contributed by atoms with Crippen molar-refractivity contribution in [2.75, 3.05) is 33.4 Å². The molecule has 1 aromatic heterocycles. The number of ether oxygens (including phenoxy) is 3. The summed E-state index contributed by atoms with van der Waals surface area (Å²) < 4.78 is 14.0. The van der Waals surface area contributed by atoms with Crippen LogP contribution in [0.5, 0.6) is 5.75 Å². The zero-order valence-electron chi connectivity index (χ0n) is 26.0. The van der Waals surface area contributed by atoms with Gasteiger partial charge in [0.25, 0.3) is 0 Å². The molecule has 48 heavy (non-hydrogen) atoms. The maximum atomic E-state index is 11.2. The lowest BCUT2D eigenvalue weighted by Crippen LogP contribution is -2.54. The van der Waals surface area contributed by atoms with E-state index in [0.29, 0.717) is 11.8 Å². The number of aromatic nitrogens is 1. The fraction of sp³-hybridized carbons (Fsp3) is 0.469. The van der Waals surface area contributed by atoms with E-state index in [4.69, 9.17) is 45.6 Å². The minimum atomic E-state index is -1.42. The normalized spacial score (nSPS) is 28.0. The van der Waals surface area contributed by atoms with E-state index < -0.39 is 78.7 Å². The molecule has 5 aliphatic heterocycles. The molecule has 7 rings (SSSR count). The summed E-state index contributed by atoms with van der Waals surface area (Å²) in [6.07, 6.45) is 0.0669. The van der Waals surface area contributed by atoms with Gasteiger partial charge in [0.15, 0.2) is 23.7 Å².